The zero-order chi connectivity index (χ0) is 14.8. The van der Waals surface area contributed by atoms with Crippen molar-refractivity contribution in [3.63, 3.8) is 0 Å². The molecule has 1 aliphatic heterocycles. The van der Waals surface area contributed by atoms with E-state index in [1.54, 1.807) is 20.8 Å². The van der Waals surface area contributed by atoms with Crippen LogP contribution in [-0.2, 0) is 28.6 Å². The average Bonchev–Trinajstić information content (AvgIpc) is 2.51. The molecule has 0 saturated carbocycles. The third-order valence-corrected chi connectivity index (χ3v) is 3.07. The van der Waals surface area contributed by atoms with Gasteiger partial charge in [0, 0.05) is 6.42 Å². The Balaban J connectivity index is 2.58. The van der Waals surface area contributed by atoms with Crippen LogP contribution >= 0.6 is 0 Å². The lowest BCUT2D eigenvalue weighted by molar-refractivity contribution is -0.162. The molecular weight excluding hydrogens is 276 g/mol. The van der Waals surface area contributed by atoms with Crippen LogP contribution in [0.15, 0.2) is 0 Å². The van der Waals surface area contributed by atoms with Crippen molar-refractivity contribution in [3.8, 4) is 0 Å². The topological polar surface area (TPSA) is 99.1 Å². The Morgan fingerprint density at radius 3 is 2.47 bits per heavy atom. The van der Waals surface area contributed by atoms with Crippen molar-refractivity contribution in [2.45, 2.75) is 45.7 Å². The fraction of sp³-hybridized carbons (Fsp3) is 0.909. The van der Waals surface area contributed by atoms with E-state index in [4.69, 9.17) is 13.7 Å². The van der Waals surface area contributed by atoms with E-state index in [1.807, 2.05) is 0 Å². The number of hydrogen-bond acceptors (Lipinski definition) is 7. The minimum absolute atomic E-state index is 0.0187. The maximum Gasteiger partial charge on any atom is 0.311 e. The van der Waals surface area contributed by atoms with Gasteiger partial charge in [-0.1, -0.05) is 0 Å². The van der Waals surface area contributed by atoms with Crippen molar-refractivity contribution >= 4 is 16.1 Å². The lowest BCUT2D eigenvalue weighted by Crippen LogP contribution is -2.34. The summed E-state index contributed by atoms with van der Waals surface area (Å²) in [6, 6.07) is 0. The lowest BCUT2D eigenvalue weighted by Gasteiger charge is -2.21. The van der Waals surface area contributed by atoms with Gasteiger partial charge in [-0.3, -0.25) is 8.98 Å². The van der Waals surface area contributed by atoms with Crippen molar-refractivity contribution in [3.05, 3.63) is 0 Å². The summed E-state index contributed by atoms with van der Waals surface area (Å²) in [5, 5.41) is 9.35. The first-order chi connectivity index (χ1) is 8.49. The molecule has 1 heterocycles. The molecule has 0 aromatic carbocycles. The van der Waals surface area contributed by atoms with Gasteiger partial charge >= 0.3 is 5.97 Å². The second-order valence-corrected chi connectivity index (χ2v) is 7.15. The van der Waals surface area contributed by atoms with Crippen LogP contribution in [0.5, 0.6) is 0 Å². The number of carbonyl (C=O) groups is 1. The molecule has 7 nitrogen and oxygen atoms in total. The lowest BCUT2D eigenvalue weighted by atomic mass is 9.97. The van der Waals surface area contributed by atoms with Crippen molar-refractivity contribution in [1.82, 2.24) is 0 Å². The Labute approximate surface area is 113 Å². The molecule has 1 aliphatic rings. The number of esters is 1. The number of rotatable bonds is 4. The van der Waals surface area contributed by atoms with E-state index in [-0.39, 0.29) is 13.0 Å². The van der Waals surface area contributed by atoms with Crippen LogP contribution in [0.3, 0.4) is 0 Å². The molecule has 0 aromatic rings. The molecule has 3 atom stereocenters. The van der Waals surface area contributed by atoms with Gasteiger partial charge in [-0.2, -0.15) is 8.42 Å². The van der Waals surface area contributed by atoms with Crippen LogP contribution in [0, 0.1) is 5.41 Å². The molecule has 1 fully saturated rings. The van der Waals surface area contributed by atoms with Gasteiger partial charge in [-0.05, 0) is 20.8 Å². The van der Waals surface area contributed by atoms with Crippen molar-refractivity contribution in [2.24, 2.45) is 5.41 Å². The predicted molar refractivity (Wildman–Crippen MR) is 65.6 cm³/mol. The summed E-state index contributed by atoms with van der Waals surface area (Å²) < 4.78 is 37.0. The van der Waals surface area contributed by atoms with Gasteiger partial charge in [0.15, 0.2) is 6.29 Å². The Morgan fingerprint density at radius 2 is 2.00 bits per heavy atom. The molecule has 0 radical (unpaired) electrons. The standard InChI is InChI=1S/C11H20O7S/c1-11(2,3)10(13)16-6-8-7(5-9(12)17-8)18-19(4,14)15/h7-9,12H,5-6H2,1-4H3/t7-,8-,9+/m1/s1. The largest absolute Gasteiger partial charge is 0.462 e. The van der Waals surface area contributed by atoms with Crippen LogP contribution < -0.4 is 0 Å². The van der Waals surface area contributed by atoms with Gasteiger partial charge in [0.1, 0.15) is 18.8 Å². The summed E-state index contributed by atoms with van der Waals surface area (Å²) in [4.78, 5) is 11.6. The van der Waals surface area contributed by atoms with Gasteiger partial charge in [0.2, 0.25) is 0 Å². The van der Waals surface area contributed by atoms with E-state index >= 15 is 0 Å². The predicted octanol–water partition coefficient (Wildman–Crippen LogP) is 0.0278. The van der Waals surface area contributed by atoms with E-state index in [2.05, 4.69) is 0 Å². The molecule has 8 heteroatoms. The molecule has 112 valence electrons. The first-order valence-corrected chi connectivity index (χ1v) is 7.70. The molecular formula is C11H20O7S. The molecule has 0 bridgehead atoms. The molecule has 0 aliphatic carbocycles. The quantitative estimate of drug-likeness (QED) is 0.577. The molecule has 1 N–H and O–H groups in total. The zero-order valence-electron chi connectivity index (χ0n) is 11.5. The number of ether oxygens (including phenoxy) is 2. The summed E-state index contributed by atoms with van der Waals surface area (Å²) in [5.74, 6) is -0.435. The fourth-order valence-corrected chi connectivity index (χ4v) is 2.19. The molecule has 0 aromatic heterocycles. The van der Waals surface area contributed by atoms with Gasteiger partial charge in [-0.25, -0.2) is 0 Å². The third kappa shape index (κ3) is 5.43. The van der Waals surface area contributed by atoms with Gasteiger partial charge in [0.05, 0.1) is 11.7 Å². The fourth-order valence-electron chi connectivity index (χ4n) is 1.54. The number of hydrogen-bond donors (Lipinski definition) is 1. The smallest absolute Gasteiger partial charge is 0.311 e. The summed E-state index contributed by atoms with van der Waals surface area (Å²) in [6.07, 6.45) is -1.83. The van der Waals surface area contributed by atoms with Crippen LogP contribution in [0.1, 0.15) is 27.2 Å². The normalized spacial score (nSPS) is 28.4. The molecule has 1 saturated heterocycles. The molecule has 19 heavy (non-hydrogen) atoms. The molecule has 1 rings (SSSR count). The van der Waals surface area contributed by atoms with Crippen LogP contribution in [-0.4, -0.2) is 50.9 Å². The Bertz CT molecular complexity index is 423. The molecule has 0 spiro atoms. The highest BCUT2D eigenvalue weighted by Gasteiger charge is 2.38. The summed E-state index contributed by atoms with van der Waals surface area (Å²) in [5.41, 5.74) is -0.662. The highest BCUT2D eigenvalue weighted by atomic mass is 32.2. The van der Waals surface area contributed by atoms with E-state index < -0.39 is 40.0 Å². The first-order valence-electron chi connectivity index (χ1n) is 5.88. The van der Waals surface area contributed by atoms with Crippen molar-refractivity contribution in [2.75, 3.05) is 12.9 Å². The first kappa shape index (κ1) is 16.4. The van der Waals surface area contributed by atoms with Gasteiger partial charge in [0.25, 0.3) is 10.1 Å². The highest BCUT2D eigenvalue weighted by Crippen LogP contribution is 2.24. The van der Waals surface area contributed by atoms with Crippen LogP contribution in [0.25, 0.3) is 0 Å². The van der Waals surface area contributed by atoms with Crippen LogP contribution in [0.4, 0.5) is 0 Å². The Hall–Kier alpha value is -0.700. The SMILES string of the molecule is CC(C)(C)C(=O)OC[C@H]1O[C@H](O)C[C@H]1OS(C)(=O)=O. The van der Waals surface area contributed by atoms with E-state index in [1.165, 1.54) is 0 Å². The van der Waals surface area contributed by atoms with E-state index in [0.29, 0.717) is 0 Å². The maximum absolute atomic E-state index is 11.6. The van der Waals surface area contributed by atoms with Crippen LogP contribution in [0.2, 0.25) is 0 Å². The van der Waals surface area contributed by atoms with Crippen molar-refractivity contribution in [1.29, 1.82) is 0 Å². The van der Waals surface area contributed by atoms with Gasteiger partial charge in [-0.15, -0.1) is 0 Å². The molecule has 0 unspecified atom stereocenters. The Morgan fingerprint density at radius 1 is 1.42 bits per heavy atom. The minimum atomic E-state index is -3.66. The summed E-state index contributed by atoms with van der Waals surface area (Å²) in [6.45, 7) is 4.94. The molecule has 0 amide bonds. The minimum Gasteiger partial charge on any atom is -0.462 e. The second kappa shape index (κ2) is 5.74. The monoisotopic (exact) mass is 296 g/mol. The Kier molecular flexibility index (Phi) is 4.94. The highest BCUT2D eigenvalue weighted by molar-refractivity contribution is 7.86. The third-order valence-electron chi connectivity index (χ3n) is 2.47. The zero-order valence-corrected chi connectivity index (χ0v) is 12.3. The van der Waals surface area contributed by atoms with E-state index in [0.717, 1.165) is 6.26 Å². The average molecular weight is 296 g/mol. The number of aliphatic hydroxyl groups excluding tert-OH is 1. The maximum atomic E-state index is 11.6. The van der Waals surface area contributed by atoms with Gasteiger partial charge < -0.3 is 14.6 Å². The number of aliphatic hydroxyl groups is 1. The summed E-state index contributed by atoms with van der Waals surface area (Å²) in [7, 11) is -3.66. The second-order valence-electron chi connectivity index (χ2n) is 5.55. The van der Waals surface area contributed by atoms with E-state index in [9.17, 15) is 18.3 Å². The number of carbonyl (C=O) groups excluding carboxylic acids is 1. The van der Waals surface area contributed by atoms with Crippen molar-refractivity contribution < 1.29 is 32.0 Å². The summed E-state index contributed by atoms with van der Waals surface area (Å²) >= 11 is 0.